The third kappa shape index (κ3) is 4.47. The van der Waals surface area contributed by atoms with Crippen molar-refractivity contribution in [1.29, 1.82) is 0 Å². The molecule has 0 unspecified atom stereocenters. The third-order valence-corrected chi connectivity index (χ3v) is 8.06. The molecule has 0 spiro atoms. The molecule has 6 atom stereocenters. The highest BCUT2D eigenvalue weighted by atomic mass is 16.3. The van der Waals surface area contributed by atoms with Gasteiger partial charge in [-0.05, 0) is 79.3 Å². The molecule has 0 radical (unpaired) electrons. The standard InChI is InChI=1S/C25H40O3/c1-17(7-4-5-14-26)22-11-12-23-19(8-6-13-25(22,23)3)9-10-20-15-21(27)16-24(28)18(20)2/h9-10,17,21-24,26-28H,2,4-8,11-16H2,1,3H3/b19-9+,20-10+/t17-,21-,22-,23+,24+,25-/m1/s1. The molecular formula is C25H40O3. The van der Waals surface area contributed by atoms with Crippen molar-refractivity contribution < 1.29 is 15.3 Å². The van der Waals surface area contributed by atoms with E-state index in [-0.39, 0.29) is 0 Å². The minimum atomic E-state index is -0.611. The van der Waals surface area contributed by atoms with Crippen molar-refractivity contribution in [3.63, 3.8) is 0 Å². The van der Waals surface area contributed by atoms with Gasteiger partial charge in [0.05, 0.1) is 12.2 Å². The largest absolute Gasteiger partial charge is 0.396 e. The number of fused-ring (bicyclic) bond motifs is 1. The summed E-state index contributed by atoms with van der Waals surface area (Å²) in [5, 5.41) is 29.2. The Morgan fingerprint density at radius 2 is 2.00 bits per heavy atom. The maximum absolute atomic E-state index is 10.1. The lowest BCUT2D eigenvalue weighted by molar-refractivity contribution is 0.0861. The van der Waals surface area contributed by atoms with Crippen LogP contribution in [-0.2, 0) is 0 Å². The second-order valence-corrected chi connectivity index (χ2v) is 9.86. The second kappa shape index (κ2) is 9.28. The van der Waals surface area contributed by atoms with Crippen molar-refractivity contribution in [3.05, 3.63) is 35.5 Å². The van der Waals surface area contributed by atoms with Gasteiger partial charge in [0.1, 0.15) is 0 Å². The van der Waals surface area contributed by atoms with Gasteiger partial charge in [0.25, 0.3) is 0 Å². The Morgan fingerprint density at radius 3 is 2.75 bits per heavy atom. The van der Waals surface area contributed by atoms with Crippen LogP contribution in [0.3, 0.4) is 0 Å². The lowest BCUT2D eigenvalue weighted by Crippen LogP contribution is -2.36. The molecular weight excluding hydrogens is 348 g/mol. The molecule has 28 heavy (non-hydrogen) atoms. The van der Waals surface area contributed by atoms with Crippen molar-refractivity contribution in [2.75, 3.05) is 6.61 Å². The van der Waals surface area contributed by atoms with Crippen molar-refractivity contribution in [2.24, 2.45) is 23.2 Å². The molecule has 0 amide bonds. The van der Waals surface area contributed by atoms with Crippen LogP contribution in [0, 0.1) is 23.2 Å². The van der Waals surface area contributed by atoms with Crippen LogP contribution in [0.25, 0.3) is 0 Å². The summed E-state index contributed by atoms with van der Waals surface area (Å²) in [6.07, 6.45) is 14.0. The van der Waals surface area contributed by atoms with E-state index in [4.69, 9.17) is 5.11 Å². The molecule has 3 N–H and O–H groups in total. The van der Waals surface area contributed by atoms with Crippen molar-refractivity contribution in [1.82, 2.24) is 0 Å². The summed E-state index contributed by atoms with van der Waals surface area (Å²) in [6, 6.07) is 0. The van der Waals surface area contributed by atoms with Gasteiger partial charge in [-0.25, -0.2) is 0 Å². The molecule has 3 nitrogen and oxygen atoms in total. The van der Waals surface area contributed by atoms with Gasteiger partial charge in [0.2, 0.25) is 0 Å². The van der Waals surface area contributed by atoms with Gasteiger partial charge in [0.15, 0.2) is 0 Å². The predicted octanol–water partition coefficient (Wildman–Crippen LogP) is 4.93. The minimum absolute atomic E-state index is 0.313. The van der Waals surface area contributed by atoms with Crippen LogP contribution in [-0.4, -0.2) is 34.1 Å². The number of hydrogen-bond acceptors (Lipinski definition) is 3. The van der Waals surface area contributed by atoms with Gasteiger partial charge in [-0.3, -0.25) is 0 Å². The van der Waals surface area contributed by atoms with Crippen LogP contribution in [0.15, 0.2) is 35.5 Å². The second-order valence-electron chi connectivity index (χ2n) is 9.86. The molecule has 3 saturated carbocycles. The van der Waals surface area contributed by atoms with E-state index >= 15 is 0 Å². The zero-order chi connectivity index (χ0) is 20.3. The van der Waals surface area contributed by atoms with Crippen molar-refractivity contribution in [2.45, 2.75) is 90.3 Å². The van der Waals surface area contributed by atoms with Crippen LogP contribution >= 0.6 is 0 Å². The smallest absolute Gasteiger partial charge is 0.0811 e. The third-order valence-electron chi connectivity index (χ3n) is 8.06. The van der Waals surface area contributed by atoms with Crippen LogP contribution in [0.5, 0.6) is 0 Å². The van der Waals surface area contributed by atoms with E-state index in [9.17, 15) is 10.2 Å². The number of hydrogen-bond donors (Lipinski definition) is 3. The Kier molecular flexibility index (Phi) is 7.22. The Morgan fingerprint density at radius 1 is 1.21 bits per heavy atom. The van der Waals surface area contributed by atoms with E-state index in [1.165, 1.54) is 38.5 Å². The van der Waals surface area contributed by atoms with Crippen LogP contribution < -0.4 is 0 Å². The first-order valence-corrected chi connectivity index (χ1v) is 11.4. The highest BCUT2D eigenvalue weighted by molar-refractivity contribution is 5.38. The maximum atomic E-state index is 10.1. The number of allylic oxidation sites excluding steroid dienone is 3. The predicted molar refractivity (Wildman–Crippen MR) is 115 cm³/mol. The van der Waals surface area contributed by atoms with Crippen molar-refractivity contribution >= 4 is 0 Å². The van der Waals surface area contributed by atoms with Crippen LogP contribution in [0.4, 0.5) is 0 Å². The molecule has 3 heteroatoms. The highest BCUT2D eigenvalue weighted by Gasteiger charge is 2.50. The number of aliphatic hydroxyl groups is 3. The zero-order valence-corrected chi connectivity index (χ0v) is 17.9. The molecule has 3 aliphatic rings. The number of unbranched alkanes of at least 4 members (excludes halogenated alkanes) is 1. The van der Waals surface area contributed by atoms with Gasteiger partial charge in [-0.15, -0.1) is 0 Å². The normalized spacial score (nSPS) is 40.1. The summed E-state index contributed by atoms with van der Waals surface area (Å²) in [5.74, 6) is 2.17. The van der Waals surface area contributed by atoms with Gasteiger partial charge in [-0.2, -0.15) is 0 Å². The SMILES string of the molecule is C=C1/C(=C/C=C2\CCC[C@]3(C)[C@@H]([C@H](C)CCCCO)CC[C@@H]23)C[C@@H](O)C[C@@H]1O. The molecule has 0 saturated heterocycles. The van der Waals surface area contributed by atoms with Gasteiger partial charge in [-0.1, -0.05) is 51.0 Å². The van der Waals surface area contributed by atoms with Gasteiger partial charge < -0.3 is 15.3 Å². The first-order chi connectivity index (χ1) is 13.4. The fourth-order valence-corrected chi connectivity index (χ4v) is 6.46. The van der Waals surface area contributed by atoms with E-state index in [0.717, 1.165) is 35.8 Å². The zero-order valence-electron chi connectivity index (χ0n) is 17.9. The average Bonchev–Trinajstić information content (AvgIpc) is 3.01. The fourth-order valence-electron chi connectivity index (χ4n) is 6.46. The fraction of sp³-hybridized carbons (Fsp3) is 0.760. The number of aliphatic hydroxyl groups excluding tert-OH is 3. The lowest BCUT2D eigenvalue weighted by atomic mass is 9.60. The molecule has 3 rings (SSSR count). The van der Waals surface area contributed by atoms with Crippen LogP contribution in [0.2, 0.25) is 0 Å². The van der Waals surface area contributed by atoms with E-state index in [2.05, 4.69) is 32.6 Å². The molecule has 158 valence electrons. The Labute approximate surface area is 171 Å². The minimum Gasteiger partial charge on any atom is -0.396 e. The maximum Gasteiger partial charge on any atom is 0.0811 e. The monoisotopic (exact) mass is 388 g/mol. The molecule has 0 heterocycles. The van der Waals surface area contributed by atoms with E-state index in [1.807, 2.05) is 0 Å². The average molecular weight is 389 g/mol. The molecule has 0 aromatic rings. The van der Waals surface area contributed by atoms with Gasteiger partial charge >= 0.3 is 0 Å². The van der Waals surface area contributed by atoms with E-state index in [1.54, 1.807) is 5.57 Å². The summed E-state index contributed by atoms with van der Waals surface area (Å²) in [6.45, 7) is 9.30. The van der Waals surface area contributed by atoms with E-state index < -0.39 is 12.2 Å². The topological polar surface area (TPSA) is 60.7 Å². The van der Waals surface area contributed by atoms with Gasteiger partial charge in [0, 0.05) is 13.0 Å². The Balaban J connectivity index is 1.74. The molecule has 0 bridgehead atoms. The molecule has 3 fully saturated rings. The molecule has 3 aliphatic carbocycles. The Bertz CT molecular complexity index is 619. The summed E-state index contributed by atoms with van der Waals surface area (Å²) in [5.41, 5.74) is 3.75. The summed E-state index contributed by atoms with van der Waals surface area (Å²) >= 11 is 0. The highest BCUT2D eigenvalue weighted by Crippen LogP contribution is 2.59. The first-order valence-electron chi connectivity index (χ1n) is 11.4. The first kappa shape index (κ1) is 21.8. The van der Waals surface area contributed by atoms with Crippen LogP contribution in [0.1, 0.15) is 78.1 Å². The number of rotatable bonds is 6. The molecule has 0 aromatic carbocycles. The Hall–Kier alpha value is -0.900. The van der Waals surface area contributed by atoms with E-state index in [0.29, 0.717) is 30.8 Å². The van der Waals surface area contributed by atoms with Crippen molar-refractivity contribution in [3.8, 4) is 0 Å². The quantitative estimate of drug-likeness (QED) is 0.566. The summed E-state index contributed by atoms with van der Waals surface area (Å²) < 4.78 is 0. The lowest BCUT2D eigenvalue weighted by Gasteiger charge is -2.44. The summed E-state index contributed by atoms with van der Waals surface area (Å²) in [4.78, 5) is 0. The molecule has 0 aromatic heterocycles. The molecule has 0 aliphatic heterocycles. The summed E-state index contributed by atoms with van der Waals surface area (Å²) in [7, 11) is 0.